The molecule has 0 radical (unpaired) electrons. The highest BCUT2D eigenvalue weighted by atomic mass is 19.3. The topological polar surface area (TPSA) is 42.8 Å². The van der Waals surface area contributed by atoms with E-state index in [4.69, 9.17) is 0 Å². The molecule has 1 amide bonds. The number of piperidine rings is 1. The van der Waals surface area contributed by atoms with Crippen molar-refractivity contribution in [2.75, 3.05) is 19.6 Å². The lowest BCUT2D eigenvalue weighted by Gasteiger charge is -2.40. The Labute approximate surface area is 153 Å². The van der Waals surface area contributed by atoms with E-state index in [0.717, 1.165) is 18.0 Å². The van der Waals surface area contributed by atoms with Gasteiger partial charge in [0.05, 0.1) is 12.6 Å². The van der Waals surface area contributed by atoms with Crippen molar-refractivity contribution in [1.82, 2.24) is 5.32 Å². The van der Waals surface area contributed by atoms with Gasteiger partial charge in [-0.2, -0.15) is 8.78 Å². The van der Waals surface area contributed by atoms with E-state index < -0.39 is 6.61 Å². The molecule has 2 N–H and O–H groups in total. The first-order chi connectivity index (χ1) is 12.6. The summed E-state index contributed by atoms with van der Waals surface area (Å²) < 4.78 is 28.6. The Morgan fingerprint density at radius 3 is 2.65 bits per heavy atom. The molecule has 0 spiro atoms. The van der Waals surface area contributed by atoms with E-state index in [2.05, 4.69) is 10.1 Å². The lowest BCUT2D eigenvalue weighted by atomic mass is 9.78. The molecule has 3 rings (SSSR count). The number of likely N-dealkylation sites (tertiary alicyclic amines) is 1. The van der Waals surface area contributed by atoms with Gasteiger partial charge in [-0.15, -0.1) is 0 Å². The Morgan fingerprint density at radius 2 is 1.88 bits per heavy atom. The predicted molar refractivity (Wildman–Crippen MR) is 95.5 cm³/mol. The van der Waals surface area contributed by atoms with E-state index >= 15 is 0 Å². The molecule has 0 bridgehead atoms. The number of alkyl halides is 2. The van der Waals surface area contributed by atoms with Crippen LogP contribution in [0.5, 0.6) is 5.75 Å². The van der Waals surface area contributed by atoms with Gasteiger partial charge >= 0.3 is 6.61 Å². The minimum absolute atomic E-state index is 0.115. The summed E-state index contributed by atoms with van der Waals surface area (Å²) >= 11 is 0. The van der Waals surface area contributed by atoms with Gasteiger partial charge in [0.15, 0.2) is 6.54 Å². The molecule has 4 nitrogen and oxygen atoms in total. The molecule has 3 atom stereocenters. The van der Waals surface area contributed by atoms with Crippen LogP contribution in [0.3, 0.4) is 0 Å². The van der Waals surface area contributed by atoms with Crippen molar-refractivity contribution in [3.63, 3.8) is 0 Å². The predicted octanol–water partition coefficient (Wildman–Crippen LogP) is 2.18. The number of nitrogens with one attached hydrogen (secondary N) is 2. The van der Waals surface area contributed by atoms with E-state index in [9.17, 15) is 13.6 Å². The summed E-state index contributed by atoms with van der Waals surface area (Å²) in [7, 11) is 0. The van der Waals surface area contributed by atoms with E-state index in [0.29, 0.717) is 25.6 Å². The zero-order chi connectivity index (χ0) is 18.4. The quantitative estimate of drug-likeness (QED) is 0.776. The maximum Gasteiger partial charge on any atom is 0.387 e. The number of carbonyl (C=O) groups excluding carboxylic acids is 1. The molecule has 2 aliphatic rings. The van der Waals surface area contributed by atoms with Crippen molar-refractivity contribution in [3.05, 3.63) is 29.8 Å². The van der Waals surface area contributed by atoms with Gasteiger partial charge < -0.3 is 15.0 Å². The molecule has 1 saturated heterocycles. The Balaban J connectivity index is 1.40. The highest BCUT2D eigenvalue weighted by molar-refractivity contribution is 5.76. The van der Waals surface area contributed by atoms with Gasteiger partial charge in [0.25, 0.3) is 5.91 Å². The largest absolute Gasteiger partial charge is 0.435 e. The minimum atomic E-state index is -2.80. The standard InChI is InChI=1S/C20H28F2N2O2/c21-20(22)26-17-9-7-15(8-10-17)11-12-23-19(25)14-24-13-3-5-16-4-1-2-6-18(16)24/h7-10,16,18,20H,1-6,11-14H2,(H,23,25)/p+1/t16-,18+/m1/s1. The van der Waals surface area contributed by atoms with E-state index in [-0.39, 0.29) is 11.7 Å². The second kappa shape index (κ2) is 9.31. The maximum absolute atomic E-state index is 12.3. The summed E-state index contributed by atoms with van der Waals surface area (Å²) in [4.78, 5) is 13.8. The van der Waals surface area contributed by atoms with E-state index in [1.54, 1.807) is 12.1 Å². The van der Waals surface area contributed by atoms with Crippen LogP contribution >= 0.6 is 0 Å². The first-order valence-electron chi connectivity index (χ1n) is 9.77. The summed E-state index contributed by atoms with van der Waals surface area (Å²) in [6.45, 7) is -0.557. The third-order valence-corrected chi connectivity index (χ3v) is 5.78. The SMILES string of the molecule is O=C(C[NH+]1CCC[C@H]2CCCC[C@@H]21)NCCc1ccc(OC(F)F)cc1. The minimum Gasteiger partial charge on any atom is -0.435 e. The number of quaternary nitrogens is 1. The molecule has 2 fully saturated rings. The first-order valence-corrected chi connectivity index (χ1v) is 9.77. The van der Waals surface area contributed by atoms with Gasteiger partial charge in [0, 0.05) is 12.5 Å². The number of fused-ring (bicyclic) bond motifs is 1. The lowest BCUT2D eigenvalue weighted by Crippen LogP contribution is -3.18. The summed E-state index contributed by atoms with van der Waals surface area (Å²) in [6, 6.07) is 7.25. The number of amides is 1. The molecule has 1 heterocycles. The monoisotopic (exact) mass is 367 g/mol. The fraction of sp³-hybridized carbons (Fsp3) is 0.650. The Morgan fingerprint density at radius 1 is 1.15 bits per heavy atom. The van der Waals surface area contributed by atoms with Gasteiger partial charge in [-0.25, -0.2) is 0 Å². The van der Waals surface area contributed by atoms with Crippen LogP contribution in [0.4, 0.5) is 8.78 Å². The highest BCUT2D eigenvalue weighted by Gasteiger charge is 2.37. The normalized spacial score (nSPS) is 25.6. The van der Waals surface area contributed by atoms with Crippen molar-refractivity contribution in [1.29, 1.82) is 0 Å². The smallest absolute Gasteiger partial charge is 0.387 e. The van der Waals surface area contributed by atoms with Crippen LogP contribution in [0.25, 0.3) is 0 Å². The third kappa shape index (κ3) is 5.40. The van der Waals surface area contributed by atoms with Crippen LogP contribution in [0.2, 0.25) is 0 Å². The van der Waals surface area contributed by atoms with Gasteiger partial charge in [-0.3, -0.25) is 4.79 Å². The molecule has 144 valence electrons. The van der Waals surface area contributed by atoms with Gasteiger partial charge in [0.2, 0.25) is 0 Å². The van der Waals surface area contributed by atoms with Crippen LogP contribution in [-0.4, -0.2) is 38.2 Å². The molecular weight excluding hydrogens is 338 g/mol. The molecule has 1 aliphatic heterocycles. The second-order valence-corrected chi connectivity index (χ2v) is 7.50. The number of rotatable bonds is 7. The van der Waals surface area contributed by atoms with E-state index in [1.165, 1.54) is 55.6 Å². The molecule has 0 aromatic heterocycles. The van der Waals surface area contributed by atoms with Crippen molar-refractivity contribution < 1.29 is 23.2 Å². The second-order valence-electron chi connectivity index (χ2n) is 7.50. The molecule has 1 aromatic carbocycles. The Kier molecular flexibility index (Phi) is 6.83. The number of benzene rings is 1. The van der Waals surface area contributed by atoms with Crippen LogP contribution in [0.15, 0.2) is 24.3 Å². The fourth-order valence-electron chi connectivity index (χ4n) is 4.54. The molecular formula is C20H29F2N2O2+. The fourth-order valence-corrected chi connectivity index (χ4v) is 4.54. The number of hydrogen-bond acceptors (Lipinski definition) is 2. The molecule has 1 aromatic rings. The summed E-state index contributed by atoms with van der Waals surface area (Å²) in [5.41, 5.74) is 0.990. The zero-order valence-corrected chi connectivity index (χ0v) is 15.2. The van der Waals surface area contributed by atoms with Gasteiger partial charge in [-0.05, 0) is 56.2 Å². The summed E-state index contributed by atoms with van der Waals surface area (Å²) in [5, 5.41) is 3.01. The Hall–Kier alpha value is -1.69. The molecule has 26 heavy (non-hydrogen) atoms. The van der Waals surface area contributed by atoms with Crippen LogP contribution in [-0.2, 0) is 11.2 Å². The third-order valence-electron chi connectivity index (χ3n) is 5.78. The van der Waals surface area contributed by atoms with Crippen molar-refractivity contribution >= 4 is 5.91 Å². The molecule has 1 aliphatic carbocycles. The van der Waals surface area contributed by atoms with Gasteiger partial charge in [-0.1, -0.05) is 18.6 Å². The van der Waals surface area contributed by atoms with Crippen LogP contribution in [0, 0.1) is 5.92 Å². The maximum atomic E-state index is 12.3. The van der Waals surface area contributed by atoms with Crippen LogP contribution < -0.4 is 15.0 Å². The molecule has 1 saturated carbocycles. The zero-order valence-electron chi connectivity index (χ0n) is 15.2. The van der Waals surface area contributed by atoms with Crippen molar-refractivity contribution in [2.45, 2.75) is 57.6 Å². The van der Waals surface area contributed by atoms with E-state index in [1.807, 2.05) is 0 Å². The number of carbonyl (C=O) groups is 1. The number of hydrogen-bond donors (Lipinski definition) is 2. The highest BCUT2D eigenvalue weighted by Crippen LogP contribution is 2.28. The number of halogens is 2. The average molecular weight is 367 g/mol. The first kappa shape index (κ1) is 19.1. The lowest BCUT2D eigenvalue weighted by molar-refractivity contribution is -0.928. The molecule has 1 unspecified atom stereocenters. The summed E-state index contributed by atoms with van der Waals surface area (Å²) in [5.74, 6) is 1.08. The van der Waals surface area contributed by atoms with Crippen LogP contribution in [0.1, 0.15) is 44.1 Å². The molecule has 6 heteroatoms. The summed E-state index contributed by atoms with van der Waals surface area (Å²) in [6.07, 6.45) is 8.50. The van der Waals surface area contributed by atoms with Crippen molar-refractivity contribution in [2.24, 2.45) is 5.92 Å². The van der Waals surface area contributed by atoms with Crippen molar-refractivity contribution in [3.8, 4) is 5.75 Å². The van der Waals surface area contributed by atoms with Gasteiger partial charge in [0.1, 0.15) is 5.75 Å². The average Bonchev–Trinajstić information content (AvgIpc) is 2.63. The number of ether oxygens (including phenoxy) is 1. The Bertz CT molecular complexity index is 578.